The number of nitrogens with two attached hydrogens (primary N) is 1. The summed E-state index contributed by atoms with van der Waals surface area (Å²) in [6.07, 6.45) is 0. The minimum Gasteiger partial charge on any atom is -0.399 e. The summed E-state index contributed by atoms with van der Waals surface area (Å²) < 4.78 is 0. The molecule has 2 N–H and O–H groups in total. The van der Waals surface area contributed by atoms with E-state index in [0.717, 1.165) is 5.69 Å². The Hall–Kier alpha value is -5.08. The normalized spacial score (nSPS) is 12.1. The lowest BCUT2D eigenvalue weighted by molar-refractivity contribution is 0.939. The van der Waals surface area contributed by atoms with Crippen LogP contribution in [0, 0.1) is 0 Å². The first-order chi connectivity index (χ1) is 19.3. The highest BCUT2D eigenvalue weighted by molar-refractivity contribution is 5.85. The largest absolute Gasteiger partial charge is 0.399 e. The first kappa shape index (κ1) is 24.3. The van der Waals surface area contributed by atoms with Crippen LogP contribution in [0.3, 0.4) is 0 Å². The summed E-state index contributed by atoms with van der Waals surface area (Å²) in [6.45, 7) is 0. The van der Waals surface area contributed by atoms with Gasteiger partial charge in [-0.1, -0.05) is 127 Å². The monoisotopic (exact) mass is 502 g/mol. The van der Waals surface area contributed by atoms with Crippen LogP contribution in [0.25, 0.3) is 11.1 Å². The molecule has 0 aromatic heterocycles. The third-order valence-corrected chi connectivity index (χ3v) is 7.14. The Bertz CT molecular complexity index is 1510. The molecule has 6 aromatic rings. The summed E-state index contributed by atoms with van der Waals surface area (Å²) in [6, 6.07) is 57.1. The van der Waals surface area contributed by atoms with E-state index in [1.165, 1.54) is 44.9 Å². The van der Waals surface area contributed by atoms with Gasteiger partial charge in [-0.05, 0) is 64.2 Å². The highest BCUT2D eigenvalue weighted by Crippen LogP contribution is 2.50. The number of anilines is 4. The van der Waals surface area contributed by atoms with Crippen LogP contribution in [0.15, 0.2) is 164 Å². The maximum absolute atomic E-state index is 5.60. The van der Waals surface area contributed by atoms with Gasteiger partial charge in [0.15, 0.2) is 0 Å². The number of fused-ring (bicyclic) bond motifs is 2. The molecule has 0 bridgehead atoms. The Balaban J connectivity index is 0.000000179. The molecule has 0 atom stereocenters. The van der Waals surface area contributed by atoms with Crippen LogP contribution in [0.2, 0.25) is 0 Å². The molecular formula is C37H30N2. The summed E-state index contributed by atoms with van der Waals surface area (Å²) in [5.41, 5.74) is 16.6. The Kier molecular flexibility index (Phi) is 6.92. The lowest BCUT2D eigenvalue weighted by atomic mass is 9.80. The van der Waals surface area contributed by atoms with E-state index in [0.29, 0.717) is 0 Å². The molecule has 0 saturated carbocycles. The maximum atomic E-state index is 5.60. The van der Waals surface area contributed by atoms with E-state index in [9.17, 15) is 0 Å². The van der Waals surface area contributed by atoms with Gasteiger partial charge in [0, 0.05) is 17.3 Å². The summed E-state index contributed by atoms with van der Waals surface area (Å²) in [7, 11) is 0. The van der Waals surface area contributed by atoms with Crippen molar-refractivity contribution in [3.63, 3.8) is 0 Å². The summed E-state index contributed by atoms with van der Waals surface area (Å²) >= 11 is 0. The molecule has 0 radical (unpaired) electrons. The van der Waals surface area contributed by atoms with Gasteiger partial charge in [-0.3, -0.25) is 0 Å². The van der Waals surface area contributed by atoms with Gasteiger partial charge in [0.25, 0.3) is 0 Å². The summed E-state index contributed by atoms with van der Waals surface area (Å²) in [5.74, 6) is 0.253. The molecule has 0 saturated heterocycles. The van der Waals surface area contributed by atoms with Crippen LogP contribution in [0.5, 0.6) is 0 Å². The zero-order valence-corrected chi connectivity index (χ0v) is 21.7. The molecule has 0 unspecified atom stereocenters. The van der Waals surface area contributed by atoms with E-state index >= 15 is 0 Å². The van der Waals surface area contributed by atoms with Crippen molar-refractivity contribution in [1.82, 2.24) is 0 Å². The molecule has 188 valence electrons. The first-order valence-electron chi connectivity index (χ1n) is 13.3. The zero-order valence-electron chi connectivity index (χ0n) is 21.7. The van der Waals surface area contributed by atoms with Crippen molar-refractivity contribution in [2.24, 2.45) is 0 Å². The number of hydrogen-bond acceptors (Lipinski definition) is 2. The lowest BCUT2D eigenvalue weighted by Gasteiger charge is -2.38. The van der Waals surface area contributed by atoms with E-state index in [-0.39, 0.29) is 5.92 Å². The number of nitrogen functional groups attached to an aromatic ring is 1. The number of hydrogen-bond donors (Lipinski definition) is 1. The fraction of sp³-hybridized carbons (Fsp3) is 0.0270. The van der Waals surface area contributed by atoms with Gasteiger partial charge >= 0.3 is 0 Å². The minimum absolute atomic E-state index is 0.253. The number of benzene rings is 6. The van der Waals surface area contributed by atoms with Crippen molar-refractivity contribution in [2.75, 3.05) is 10.6 Å². The van der Waals surface area contributed by atoms with Gasteiger partial charge in [0.1, 0.15) is 0 Å². The van der Waals surface area contributed by atoms with Crippen LogP contribution in [-0.4, -0.2) is 0 Å². The second-order valence-corrected chi connectivity index (χ2v) is 9.62. The van der Waals surface area contributed by atoms with Crippen LogP contribution in [0.4, 0.5) is 22.7 Å². The molecule has 1 aliphatic rings. The van der Waals surface area contributed by atoms with Gasteiger partial charge < -0.3 is 10.6 Å². The van der Waals surface area contributed by atoms with Crippen LogP contribution in [0.1, 0.15) is 22.6 Å². The molecule has 2 heteroatoms. The van der Waals surface area contributed by atoms with Crippen LogP contribution >= 0.6 is 0 Å². The Morgan fingerprint density at radius 3 is 1.41 bits per heavy atom. The molecule has 2 nitrogen and oxygen atoms in total. The molecule has 1 heterocycles. The fourth-order valence-corrected chi connectivity index (χ4v) is 5.33. The van der Waals surface area contributed by atoms with Crippen molar-refractivity contribution in [1.29, 1.82) is 0 Å². The molecule has 1 aliphatic heterocycles. The van der Waals surface area contributed by atoms with Crippen molar-refractivity contribution in [2.45, 2.75) is 5.92 Å². The van der Waals surface area contributed by atoms with E-state index in [2.05, 4.69) is 126 Å². The van der Waals surface area contributed by atoms with Crippen molar-refractivity contribution in [3.8, 4) is 11.1 Å². The highest BCUT2D eigenvalue weighted by atomic mass is 15.2. The van der Waals surface area contributed by atoms with Crippen LogP contribution in [-0.2, 0) is 0 Å². The molecule has 6 aromatic carbocycles. The number of para-hydroxylation sites is 3. The second-order valence-electron chi connectivity index (χ2n) is 9.62. The fourth-order valence-electron chi connectivity index (χ4n) is 5.33. The summed E-state index contributed by atoms with van der Waals surface area (Å²) in [5, 5.41) is 0. The average molecular weight is 503 g/mol. The molecule has 0 amide bonds. The van der Waals surface area contributed by atoms with Gasteiger partial charge in [-0.25, -0.2) is 0 Å². The lowest BCUT2D eigenvalue weighted by Crippen LogP contribution is -2.22. The number of nitrogens with zero attached hydrogens (tertiary/aromatic N) is 1. The Labute approximate surface area is 230 Å². The van der Waals surface area contributed by atoms with Crippen molar-refractivity contribution >= 4 is 22.7 Å². The molecule has 39 heavy (non-hydrogen) atoms. The maximum Gasteiger partial charge on any atom is 0.0503 e. The van der Waals surface area contributed by atoms with E-state index in [1.807, 2.05) is 42.5 Å². The van der Waals surface area contributed by atoms with E-state index in [1.54, 1.807) is 0 Å². The average Bonchev–Trinajstić information content (AvgIpc) is 3.02. The predicted octanol–water partition coefficient (Wildman–Crippen LogP) is 9.59. The van der Waals surface area contributed by atoms with E-state index in [4.69, 9.17) is 5.73 Å². The first-order valence-corrected chi connectivity index (χ1v) is 13.3. The highest BCUT2D eigenvalue weighted by Gasteiger charge is 2.31. The molecule has 0 aliphatic carbocycles. The molecule has 0 fully saturated rings. The SMILES string of the molecule is Nc1ccc(-c2ccccc2)cc1.c1ccc(C2c3ccccc3N(c3ccccc3)c3ccccc32)cc1. The topological polar surface area (TPSA) is 29.3 Å². The van der Waals surface area contributed by atoms with Gasteiger partial charge in [0.05, 0.1) is 11.4 Å². The van der Waals surface area contributed by atoms with E-state index < -0.39 is 0 Å². The van der Waals surface area contributed by atoms with Crippen molar-refractivity contribution < 1.29 is 0 Å². The van der Waals surface area contributed by atoms with Gasteiger partial charge in [-0.2, -0.15) is 0 Å². The molecule has 0 spiro atoms. The quantitative estimate of drug-likeness (QED) is 0.244. The predicted molar refractivity (Wildman–Crippen MR) is 165 cm³/mol. The minimum atomic E-state index is 0.253. The third-order valence-electron chi connectivity index (χ3n) is 7.14. The Morgan fingerprint density at radius 1 is 0.410 bits per heavy atom. The third kappa shape index (κ3) is 5.05. The summed E-state index contributed by atoms with van der Waals surface area (Å²) in [4.78, 5) is 2.38. The van der Waals surface area contributed by atoms with Crippen LogP contribution < -0.4 is 10.6 Å². The second kappa shape index (κ2) is 11.1. The van der Waals surface area contributed by atoms with Gasteiger partial charge in [-0.15, -0.1) is 0 Å². The van der Waals surface area contributed by atoms with Crippen molar-refractivity contribution in [3.05, 3.63) is 180 Å². The molecular weight excluding hydrogens is 472 g/mol. The standard InChI is InChI=1S/C25H19N.C12H11N/c1-3-11-19(12-4-1)25-21-15-7-9-17-23(21)26(20-13-5-2-6-14-20)24-18-10-8-16-22(24)25;13-12-8-6-11(7-9-12)10-4-2-1-3-5-10/h1-18,25H;1-9H,13H2. The van der Waals surface area contributed by atoms with Gasteiger partial charge in [0.2, 0.25) is 0 Å². The Morgan fingerprint density at radius 2 is 0.846 bits per heavy atom. The number of rotatable bonds is 3. The smallest absolute Gasteiger partial charge is 0.0503 e. The zero-order chi connectivity index (χ0) is 26.4. The molecule has 7 rings (SSSR count).